The molecule has 1 aromatic rings. The molecule has 0 radical (unpaired) electrons. The van der Waals surface area contributed by atoms with Gasteiger partial charge in [-0.3, -0.25) is 10.1 Å². The Morgan fingerprint density at radius 2 is 2.12 bits per heavy atom. The molecule has 0 aliphatic rings. The first-order valence-electron chi connectivity index (χ1n) is 4.86. The van der Waals surface area contributed by atoms with Crippen LogP contribution >= 0.6 is 15.9 Å². The molecule has 5 heteroatoms. The van der Waals surface area contributed by atoms with E-state index in [1.165, 1.54) is 6.92 Å². The summed E-state index contributed by atoms with van der Waals surface area (Å²) in [6, 6.07) is 7.28. The number of carbonyl (C=O) groups excluding carboxylic acids is 1. The normalized spacial score (nSPS) is 12.1. The average Bonchev–Trinajstić information content (AvgIpc) is 2.15. The number of hydrogen-bond donors (Lipinski definition) is 0. The van der Waals surface area contributed by atoms with Crippen LogP contribution in [0.4, 0.5) is 0 Å². The lowest BCUT2D eigenvalue weighted by Gasteiger charge is -2.13. The first kappa shape index (κ1) is 12.8. The number of rotatable bonds is 5. The highest BCUT2D eigenvalue weighted by Crippen LogP contribution is 2.27. The molecule has 4 nitrogen and oxygen atoms in total. The van der Waals surface area contributed by atoms with Gasteiger partial charge in [-0.15, -0.1) is 0 Å². The number of Topliss-reactive ketones (excluding diaryl/α,β-unsaturated/α-hetero) is 1. The van der Waals surface area contributed by atoms with E-state index in [-0.39, 0.29) is 29.6 Å². The molecular formula is C11H12BrNO3. The molecule has 0 aromatic heterocycles. The van der Waals surface area contributed by atoms with Crippen LogP contribution in [0.1, 0.15) is 24.8 Å². The second-order valence-corrected chi connectivity index (χ2v) is 4.49. The highest BCUT2D eigenvalue weighted by Gasteiger charge is 2.21. The van der Waals surface area contributed by atoms with Crippen LogP contribution in [0.5, 0.6) is 0 Å². The van der Waals surface area contributed by atoms with E-state index in [0.29, 0.717) is 0 Å². The first-order valence-corrected chi connectivity index (χ1v) is 5.65. The van der Waals surface area contributed by atoms with Crippen LogP contribution in [0.25, 0.3) is 0 Å². The van der Waals surface area contributed by atoms with E-state index in [2.05, 4.69) is 15.9 Å². The smallest absolute Gasteiger partial charge is 0.211 e. The number of hydrogen-bond acceptors (Lipinski definition) is 3. The zero-order valence-corrected chi connectivity index (χ0v) is 10.4. The number of ketones is 1. The maximum atomic E-state index is 11.1. The van der Waals surface area contributed by atoms with E-state index in [9.17, 15) is 14.9 Å². The fraction of sp³-hybridized carbons (Fsp3) is 0.364. The molecule has 0 aliphatic heterocycles. The zero-order chi connectivity index (χ0) is 12.1. The summed E-state index contributed by atoms with van der Waals surface area (Å²) in [6.07, 6.45) is 0.198. The van der Waals surface area contributed by atoms with Gasteiger partial charge in [0.1, 0.15) is 5.78 Å². The van der Waals surface area contributed by atoms with Crippen molar-refractivity contribution in [1.82, 2.24) is 0 Å². The molecule has 0 heterocycles. The molecule has 16 heavy (non-hydrogen) atoms. The van der Waals surface area contributed by atoms with Gasteiger partial charge in [-0.05, 0) is 18.6 Å². The molecule has 0 spiro atoms. The van der Waals surface area contributed by atoms with E-state index >= 15 is 0 Å². The van der Waals surface area contributed by atoms with Gasteiger partial charge in [-0.2, -0.15) is 0 Å². The average molecular weight is 286 g/mol. The molecule has 0 amide bonds. The Morgan fingerprint density at radius 1 is 1.50 bits per heavy atom. The van der Waals surface area contributed by atoms with E-state index in [1.807, 2.05) is 18.2 Å². The first-order chi connectivity index (χ1) is 7.50. The third-order valence-corrected chi connectivity index (χ3v) is 2.97. The fourth-order valence-corrected chi connectivity index (χ4v) is 2.21. The standard InChI is InChI=1S/C11H12BrNO3/c1-8(14)6-9(7-13(15)16)10-4-2-3-5-11(10)12/h2-5,9H,6-7H2,1H3/t9-/m1/s1. The number of nitrogens with zero attached hydrogens (tertiary/aromatic N) is 1. The van der Waals surface area contributed by atoms with Crippen molar-refractivity contribution in [2.24, 2.45) is 0 Å². The van der Waals surface area contributed by atoms with E-state index in [0.717, 1.165) is 10.0 Å². The largest absolute Gasteiger partial charge is 0.300 e. The second-order valence-electron chi connectivity index (χ2n) is 3.64. The van der Waals surface area contributed by atoms with Crippen LogP contribution < -0.4 is 0 Å². The Labute approximate surface area is 102 Å². The number of halogens is 1. The Morgan fingerprint density at radius 3 is 2.62 bits per heavy atom. The van der Waals surface area contributed by atoms with Gasteiger partial charge >= 0.3 is 0 Å². The molecule has 1 rings (SSSR count). The SMILES string of the molecule is CC(=O)C[C@H](C[N+](=O)[O-])c1ccccc1Br. The lowest BCUT2D eigenvalue weighted by atomic mass is 9.94. The van der Waals surface area contributed by atoms with Crippen molar-refractivity contribution >= 4 is 21.7 Å². The van der Waals surface area contributed by atoms with Crippen LogP contribution in [-0.4, -0.2) is 17.3 Å². The Hall–Kier alpha value is -1.23. The molecule has 86 valence electrons. The van der Waals surface area contributed by atoms with Crippen LogP contribution in [0.3, 0.4) is 0 Å². The predicted molar refractivity (Wildman–Crippen MR) is 64.0 cm³/mol. The van der Waals surface area contributed by atoms with Crippen LogP contribution in [0.15, 0.2) is 28.7 Å². The van der Waals surface area contributed by atoms with E-state index < -0.39 is 0 Å². The third kappa shape index (κ3) is 3.73. The molecule has 1 atom stereocenters. The van der Waals surface area contributed by atoms with Crippen LogP contribution in [0, 0.1) is 10.1 Å². The van der Waals surface area contributed by atoms with Crippen molar-refractivity contribution in [3.63, 3.8) is 0 Å². The Kier molecular flexibility index (Phi) is 4.61. The van der Waals surface area contributed by atoms with Gasteiger partial charge in [0.25, 0.3) is 0 Å². The molecule has 0 bridgehead atoms. The topological polar surface area (TPSA) is 60.2 Å². The molecule has 0 saturated carbocycles. The summed E-state index contributed by atoms with van der Waals surface area (Å²) in [5.41, 5.74) is 0.814. The maximum Gasteiger partial charge on any atom is 0.211 e. The molecular weight excluding hydrogens is 274 g/mol. The van der Waals surface area contributed by atoms with E-state index in [1.54, 1.807) is 6.07 Å². The minimum absolute atomic E-state index is 0.0393. The number of carbonyl (C=O) groups is 1. The summed E-state index contributed by atoms with van der Waals surface area (Å²) in [7, 11) is 0. The lowest BCUT2D eigenvalue weighted by molar-refractivity contribution is -0.483. The maximum absolute atomic E-state index is 11.1. The number of benzene rings is 1. The fourth-order valence-electron chi connectivity index (χ4n) is 1.61. The summed E-state index contributed by atoms with van der Waals surface area (Å²) in [4.78, 5) is 21.3. The summed E-state index contributed by atoms with van der Waals surface area (Å²) in [6.45, 7) is 1.23. The van der Waals surface area contributed by atoms with Crippen molar-refractivity contribution in [1.29, 1.82) is 0 Å². The zero-order valence-electron chi connectivity index (χ0n) is 8.85. The summed E-state index contributed by atoms with van der Waals surface area (Å²) in [5, 5.41) is 10.6. The van der Waals surface area contributed by atoms with Crippen molar-refractivity contribution < 1.29 is 9.72 Å². The summed E-state index contributed by atoms with van der Waals surface area (Å²) < 4.78 is 0.808. The minimum atomic E-state index is -0.382. The van der Waals surface area contributed by atoms with Crippen molar-refractivity contribution in [3.8, 4) is 0 Å². The molecule has 0 N–H and O–H groups in total. The van der Waals surface area contributed by atoms with Gasteiger partial charge in [-0.1, -0.05) is 34.1 Å². The van der Waals surface area contributed by atoms with Gasteiger partial charge in [0.15, 0.2) is 0 Å². The van der Waals surface area contributed by atoms with Crippen molar-refractivity contribution in [2.45, 2.75) is 19.3 Å². The molecule has 1 aromatic carbocycles. The summed E-state index contributed by atoms with van der Waals surface area (Å²) >= 11 is 3.34. The van der Waals surface area contributed by atoms with Crippen LogP contribution in [-0.2, 0) is 4.79 Å². The van der Waals surface area contributed by atoms with E-state index in [4.69, 9.17) is 0 Å². The van der Waals surface area contributed by atoms with Crippen molar-refractivity contribution in [3.05, 3.63) is 44.4 Å². The summed E-state index contributed by atoms with van der Waals surface area (Å²) in [5.74, 6) is -0.398. The number of nitro groups is 1. The van der Waals surface area contributed by atoms with Gasteiger partial charge in [0.2, 0.25) is 6.54 Å². The minimum Gasteiger partial charge on any atom is -0.300 e. The monoisotopic (exact) mass is 285 g/mol. The quantitative estimate of drug-likeness (QED) is 0.617. The Balaban J connectivity index is 2.96. The van der Waals surface area contributed by atoms with Gasteiger partial charge in [-0.25, -0.2) is 0 Å². The van der Waals surface area contributed by atoms with Gasteiger partial charge in [0.05, 0.1) is 5.92 Å². The highest BCUT2D eigenvalue weighted by atomic mass is 79.9. The Bertz CT molecular complexity index is 390. The molecule has 0 fully saturated rings. The molecule has 0 unspecified atom stereocenters. The second kappa shape index (κ2) is 5.75. The molecule has 0 saturated heterocycles. The third-order valence-electron chi connectivity index (χ3n) is 2.25. The van der Waals surface area contributed by atoms with Gasteiger partial charge < -0.3 is 4.79 Å². The molecule has 0 aliphatic carbocycles. The lowest BCUT2D eigenvalue weighted by Crippen LogP contribution is -2.15. The predicted octanol–water partition coefficient (Wildman–Crippen LogP) is 2.79. The van der Waals surface area contributed by atoms with Crippen molar-refractivity contribution in [2.75, 3.05) is 6.54 Å². The highest BCUT2D eigenvalue weighted by molar-refractivity contribution is 9.10. The van der Waals surface area contributed by atoms with Crippen LogP contribution in [0.2, 0.25) is 0 Å². The van der Waals surface area contributed by atoms with Gasteiger partial charge in [0, 0.05) is 15.8 Å².